The van der Waals surface area contributed by atoms with Crippen LogP contribution in [0.4, 0.5) is 0 Å². The Labute approximate surface area is 103 Å². The highest BCUT2D eigenvalue weighted by Gasteiger charge is 2.29. The number of carbonyl (C=O) groups is 2. The molecule has 1 aromatic heterocycles. The lowest BCUT2D eigenvalue weighted by molar-refractivity contribution is -0.138. The van der Waals surface area contributed by atoms with Crippen LogP contribution in [-0.2, 0) is 9.53 Å². The Balaban J connectivity index is 2.30. The zero-order chi connectivity index (χ0) is 13.1. The third-order valence-electron chi connectivity index (χ3n) is 2.72. The first kappa shape index (κ1) is 12.4. The lowest BCUT2D eigenvalue weighted by Crippen LogP contribution is -2.43. The maximum absolute atomic E-state index is 11.5. The molecule has 1 amide bonds. The number of aromatic nitrogens is 2. The molecule has 1 aliphatic rings. The highest BCUT2D eigenvalue weighted by Crippen LogP contribution is 2.21. The second kappa shape index (κ2) is 5.09. The van der Waals surface area contributed by atoms with Crippen molar-refractivity contribution in [2.45, 2.75) is 13.0 Å². The van der Waals surface area contributed by atoms with E-state index in [4.69, 9.17) is 9.84 Å². The van der Waals surface area contributed by atoms with Gasteiger partial charge in [-0.25, -0.2) is 14.8 Å². The summed E-state index contributed by atoms with van der Waals surface area (Å²) in [5.41, 5.74) is -0.0888. The summed E-state index contributed by atoms with van der Waals surface area (Å²) in [7, 11) is 0. The van der Waals surface area contributed by atoms with Gasteiger partial charge in [0.05, 0.1) is 13.2 Å². The minimum Gasteiger partial charge on any atom is -0.477 e. The fourth-order valence-electron chi connectivity index (χ4n) is 1.85. The molecule has 1 aromatic rings. The number of carbonyl (C=O) groups excluding carboxylic acids is 1. The Bertz CT molecular complexity index is 477. The number of carboxylic acids is 1. The zero-order valence-electron chi connectivity index (χ0n) is 9.87. The van der Waals surface area contributed by atoms with Gasteiger partial charge in [0, 0.05) is 19.7 Å². The average Bonchev–Trinajstić information content (AvgIpc) is 2.39. The molecule has 7 nitrogen and oxygen atoms in total. The highest BCUT2D eigenvalue weighted by molar-refractivity contribution is 5.85. The molecule has 1 unspecified atom stereocenters. The molecular formula is C11H13N3O4. The van der Waals surface area contributed by atoms with Crippen molar-refractivity contribution in [2.24, 2.45) is 0 Å². The number of ether oxygens (including phenoxy) is 1. The van der Waals surface area contributed by atoms with E-state index in [0.717, 1.165) is 0 Å². The normalized spacial score (nSPS) is 19.6. The summed E-state index contributed by atoms with van der Waals surface area (Å²) in [6.07, 6.45) is 1.37. The summed E-state index contributed by atoms with van der Waals surface area (Å²) in [4.78, 5) is 31.9. The monoisotopic (exact) mass is 251 g/mol. The van der Waals surface area contributed by atoms with Crippen molar-refractivity contribution in [3.63, 3.8) is 0 Å². The molecule has 1 aliphatic heterocycles. The molecule has 2 heterocycles. The van der Waals surface area contributed by atoms with Crippen LogP contribution in [0.15, 0.2) is 12.3 Å². The molecule has 0 radical (unpaired) electrons. The molecule has 96 valence electrons. The first-order valence-electron chi connectivity index (χ1n) is 5.51. The first-order valence-corrected chi connectivity index (χ1v) is 5.51. The SMILES string of the molecule is CC(=O)N1CCOCC1c1nccc(C(=O)O)n1. The van der Waals surface area contributed by atoms with Gasteiger partial charge in [-0.2, -0.15) is 0 Å². The lowest BCUT2D eigenvalue weighted by Gasteiger charge is -2.33. The number of hydrogen-bond acceptors (Lipinski definition) is 5. The van der Waals surface area contributed by atoms with Crippen molar-refractivity contribution in [3.05, 3.63) is 23.8 Å². The average molecular weight is 251 g/mol. The van der Waals surface area contributed by atoms with Crippen LogP contribution >= 0.6 is 0 Å². The molecule has 7 heteroatoms. The van der Waals surface area contributed by atoms with E-state index in [9.17, 15) is 9.59 Å². The number of amides is 1. The van der Waals surface area contributed by atoms with E-state index in [1.54, 1.807) is 4.90 Å². The largest absolute Gasteiger partial charge is 0.477 e. The van der Waals surface area contributed by atoms with Crippen molar-refractivity contribution in [1.29, 1.82) is 0 Å². The molecule has 0 bridgehead atoms. The van der Waals surface area contributed by atoms with Gasteiger partial charge in [-0.15, -0.1) is 0 Å². The molecule has 1 fully saturated rings. The lowest BCUT2D eigenvalue weighted by atomic mass is 10.2. The Morgan fingerprint density at radius 2 is 2.33 bits per heavy atom. The van der Waals surface area contributed by atoms with Crippen LogP contribution in [0.2, 0.25) is 0 Å². The molecule has 0 aromatic carbocycles. The van der Waals surface area contributed by atoms with Crippen LogP contribution in [0.5, 0.6) is 0 Å². The summed E-state index contributed by atoms with van der Waals surface area (Å²) < 4.78 is 5.30. The minimum absolute atomic E-state index is 0.0888. The van der Waals surface area contributed by atoms with E-state index in [1.807, 2.05) is 0 Å². The number of rotatable bonds is 2. The van der Waals surface area contributed by atoms with Crippen LogP contribution in [0.1, 0.15) is 29.3 Å². The third-order valence-corrected chi connectivity index (χ3v) is 2.72. The molecule has 1 saturated heterocycles. The van der Waals surface area contributed by atoms with Gasteiger partial charge in [0.25, 0.3) is 0 Å². The number of hydrogen-bond donors (Lipinski definition) is 1. The van der Waals surface area contributed by atoms with Gasteiger partial charge in [-0.3, -0.25) is 4.79 Å². The molecule has 1 atom stereocenters. The van der Waals surface area contributed by atoms with E-state index in [0.29, 0.717) is 19.0 Å². The third kappa shape index (κ3) is 2.45. The van der Waals surface area contributed by atoms with Gasteiger partial charge in [0.15, 0.2) is 11.5 Å². The second-order valence-electron chi connectivity index (χ2n) is 3.91. The van der Waals surface area contributed by atoms with Crippen LogP contribution < -0.4 is 0 Å². The maximum Gasteiger partial charge on any atom is 0.354 e. The summed E-state index contributed by atoms with van der Waals surface area (Å²) in [6, 6.07) is 0.892. The molecular weight excluding hydrogens is 238 g/mol. The standard InChI is InChI=1S/C11H13N3O4/c1-7(15)14-4-5-18-6-9(14)10-12-3-2-8(13-10)11(16)17/h2-3,9H,4-6H2,1H3,(H,16,17). The Kier molecular flexibility index (Phi) is 3.52. The summed E-state index contributed by atoms with van der Waals surface area (Å²) in [6.45, 7) is 2.66. The fraction of sp³-hybridized carbons (Fsp3) is 0.455. The van der Waals surface area contributed by atoms with E-state index < -0.39 is 12.0 Å². The topological polar surface area (TPSA) is 92.6 Å². The molecule has 0 saturated carbocycles. The van der Waals surface area contributed by atoms with Crippen LogP contribution in [0.3, 0.4) is 0 Å². The van der Waals surface area contributed by atoms with Gasteiger partial charge in [0.2, 0.25) is 5.91 Å². The zero-order valence-corrected chi connectivity index (χ0v) is 9.87. The molecule has 2 rings (SSSR count). The molecule has 0 spiro atoms. The van der Waals surface area contributed by atoms with Crippen molar-refractivity contribution < 1.29 is 19.4 Å². The van der Waals surface area contributed by atoms with Crippen LogP contribution in [-0.4, -0.2) is 51.6 Å². The van der Waals surface area contributed by atoms with E-state index in [1.165, 1.54) is 19.2 Å². The highest BCUT2D eigenvalue weighted by atomic mass is 16.5. The van der Waals surface area contributed by atoms with Crippen LogP contribution in [0.25, 0.3) is 0 Å². The Morgan fingerprint density at radius 3 is 3.00 bits per heavy atom. The molecule has 1 N–H and O–H groups in total. The quantitative estimate of drug-likeness (QED) is 0.801. The van der Waals surface area contributed by atoms with Crippen LogP contribution in [0, 0.1) is 0 Å². The summed E-state index contributed by atoms with van der Waals surface area (Å²) >= 11 is 0. The van der Waals surface area contributed by atoms with E-state index in [2.05, 4.69) is 9.97 Å². The fourth-order valence-corrected chi connectivity index (χ4v) is 1.85. The first-order chi connectivity index (χ1) is 8.59. The van der Waals surface area contributed by atoms with Crippen molar-refractivity contribution in [1.82, 2.24) is 14.9 Å². The number of morpholine rings is 1. The predicted octanol–water partition coefficient (Wildman–Crippen LogP) is 0.0946. The molecule has 0 aliphatic carbocycles. The smallest absolute Gasteiger partial charge is 0.354 e. The number of carboxylic acid groups (broad SMARTS) is 1. The van der Waals surface area contributed by atoms with Gasteiger partial charge in [0.1, 0.15) is 6.04 Å². The van der Waals surface area contributed by atoms with Gasteiger partial charge >= 0.3 is 5.97 Å². The van der Waals surface area contributed by atoms with E-state index in [-0.39, 0.29) is 18.2 Å². The summed E-state index contributed by atoms with van der Waals surface area (Å²) in [5.74, 6) is -0.929. The summed E-state index contributed by atoms with van der Waals surface area (Å²) in [5, 5.41) is 8.88. The predicted molar refractivity (Wildman–Crippen MR) is 59.9 cm³/mol. The Hall–Kier alpha value is -2.02. The van der Waals surface area contributed by atoms with Crippen molar-refractivity contribution in [3.8, 4) is 0 Å². The van der Waals surface area contributed by atoms with Gasteiger partial charge in [-0.1, -0.05) is 0 Å². The Morgan fingerprint density at radius 1 is 1.56 bits per heavy atom. The van der Waals surface area contributed by atoms with Gasteiger partial charge < -0.3 is 14.7 Å². The van der Waals surface area contributed by atoms with Gasteiger partial charge in [-0.05, 0) is 6.07 Å². The van der Waals surface area contributed by atoms with Crippen molar-refractivity contribution >= 4 is 11.9 Å². The molecule has 18 heavy (non-hydrogen) atoms. The second-order valence-corrected chi connectivity index (χ2v) is 3.91. The maximum atomic E-state index is 11.5. The van der Waals surface area contributed by atoms with Crippen molar-refractivity contribution in [2.75, 3.05) is 19.8 Å². The number of nitrogens with zero attached hydrogens (tertiary/aromatic N) is 3. The minimum atomic E-state index is -1.12. The van der Waals surface area contributed by atoms with E-state index >= 15 is 0 Å². The number of aromatic carboxylic acids is 1.